The maximum Gasteiger partial charge on any atom is 0.236 e. The Balaban J connectivity index is 1.53. The molecule has 7 nitrogen and oxygen atoms in total. The molecular formula is C21H22Cl2N6OS. The van der Waals surface area contributed by atoms with Crippen molar-refractivity contribution >= 4 is 52.6 Å². The maximum absolute atomic E-state index is 12.6. The van der Waals surface area contributed by atoms with Gasteiger partial charge in [-0.2, -0.15) is 0 Å². The summed E-state index contributed by atoms with van der Waals surface area (Å²) in [6.45, 7) is 5.71. The zero-order valence-electron chi connectivity index (χ0n) is 17.2. The molecule has 1 N–H and O–H groups in total. The molecule has 1 aliphatic rings. The van der Waals surface area contributed by atoms with Crippen LogP contribution in [0, 0.1) is 13.8 Å². The Hall–Kier alpha value is -2.29. The van der Waals surface area contributed by atoms with E-state index in [4.69, 9.17) is 23.2 Å². The molecule has 1 aromatic carbocycles. The summed E-state index contributed by atoms with van der Waals surface area (Å²) in [5.74, 6) is 1.01. The van der Waals surface area contributed by atoms with Crippen molar-refractivity contribution < 1.29 is 4.79 Å². The first-order chi connectivity index (χ1) is 14.9. The number of thioether (sulfide) groups is 1. The molecule has 1 aliphatic heterocycles. The third-order valence-corrected chi connectivity index (χ3v) is 6.59. The van der Waals surface area contributed by atoms with Crippen molar-refractivity contribution in [3.8, 4) is 5.69 Å². The van der Waals surface area contributed by atoms with Gasteiger partial charge in [0.2, 0.25) is 11.9 Å². The van der Waals surface area contributed by atoms with E-state index in [0.29, 0.717) is 26.7 Å². The van der Waals surface area contributed by atoms with Gasteiger partial charge in [0.1, 0.15) is 0 Å². The first-order valence-corrected chi connectivity index (χ1v) is 11.7. The lowest BCUT2D eigenvalue weighted by Crippen LogP contribution is -2.22. The number of rotatable bonds is 6. The maximum atomic E-state index is 12.6. The van der Waals surface area contributed by atoms with Crippen molar-refractivity contribution in [3.63, 3.8) is 0 Å². The molecule has 0 radical (unpaired) electrons. The molecule has 0 atom stereocenters. The van der Waals surface area contributed by atoms with Crippen molar-refractivity contribution in [1.82, 2.24) is 19.7 Å². The molecule has 1 saturated heterocycles. The van der Waals surface area contributed by atoms with Crippen LogP contribution >= 0.6 is 35.0 Å². The number of benzene rings is 1. The minimum atomic E-state index is -0.234. The van der Waals surface area contributed by atoms with Crippen molar-refractivity contribution in [1.29, 1.82) is 0 Å². The van der Waals surface area contributed by atoms with Crippen molar-refractivity contribution in [2.45, 2.75) is 31.8 Å². The molecule has 162 valence electrons. The van der Waals surface area contributed by atoms with Crippen molar-refractivity contribution in [3.05, 3.63) is 51.6 Å². The number of hydrogen-bond acceptors (Lipinski definition) is 6. The van der Waals surface area contributed by atoms with Crippen LogP contribution in [0.1, 0.15) is 24.1 Å². The van der Waals surface area contributed by atoms with E-state index >= 15 is 0 Å². The first kappa shape index (κ1) is 21.9. The summed E-state index contributed by atoms with van der Waals surface area (Å²) in [5.41, 5.74) is 2.75. The monoisotopic (exact) mass is 476 g/mol. The highest BCUT2D eigenvalue weighted by atomic mass is 35.5. The number of aryl methyl sites for hydroxylation is 2. The summed E-state index contributed by atoms with van der Waals surface area (Å²) in [6, 6.07) is 9.78. The van der Waals surface area contributed by atoms with Crippen LogP contribution in [0.3, 0.4) is 0 Å². The number of carbonyl (C=O) groups is 1. The van der Waals surface area contributed by atoms with E-state index < -0.39 is 0 Å². The highest BCUT2D eigenvalue weighted by Crippen LogP contribution is 2.29. The fourth-order valence-electron chi connectivity index (χ4n) is 3.34. The number of hydrogen-bond donors (Lipinski definition) is 1. The summed E-state index contributed by atoms with van der Waals surface area (Å²) in [4.78, 5) is 19.0. The van der Waals surface area contributed by atoms with Gasteiger partial charge in [-0.3, -0.25) is 9.36 Å². The first-order valence-electron chi connectivity index (χ1n) is 9.95. The standard InChI is InChI=1S/C21H22Cl2N6OS/c1-13-5-7-15(8-6-13)29-20(28-9-3-4-10-28)26-27-21(29)31-12-18(30)25-19-17(23)11-16(22)14(2)24-19/h5-8,11H,3-4,9-10,12H2,1-2H3,(H,24,25,30). The molecule has 10 heteroatoms. The van der Waals surface area contributed by atoms with Gasteiger partial charge >= 0.3 is 0 Å². The summed E-state index contributed by atoms with van der Waals surface area (Å²) in [6.07, 6.45) is 2.28. The fraction of sp³-hybridized carbons (Fsp3) is 0.333. The van der Waals surface area contributed by atoms with Crippen LogP contribution in [0.25, 0.3) is 5.69 Å². The van der Waals surface area contributed by atoms with E-state index in [1.807, 2.05) is 16.7 Å². The third-order valence-electron chi connectivity index (χ3n) is 4.99. The number of amides is 1. The molecule has 0 bridgehead atoms. The van der Waals surface area contributed by atoms with Gasteiger partial charge in [-0.05, 0) is 44.9 Å². The Morgan fingerprint density at radius 3 is 2.52 bits per heavy atom. The average molecular weight is 477 g/mol. The molecule has 31 heavy (non-hydrogen) atoms. The van der Waals surface area contributed by atoms with Crippen LogP contribution in [0.4, 0.5) is 11.8 Å². The number of nitrogens with one attached hydrogen (secondary N) is 1. The molecular weight excluding hydrogens is 455 g/mol. The number of nitrogens with zero attached hydrogens (tertiary/aromatic N) is 5. The lowest BCUT2D eigenvalue weighted by molar-refractivity contribution is -0.113. The van der Waals surface area contributed by atoms with E-state index in [2.05, 4.69) is 44.5 Å². The Morgan fingerprint density at radius 1 is 1.10 bits per heavy atom. The zero-order chi connectivity index (χ0) is 22.0. The smallest absolute Gasteiger partial charge is 0.236 e. The van der Waals surface area contributed by atoms with Gasteiger partial charge in [0, 0.05) is 13.1 Å². The fourth-order valence-corrected chi connectivity index (χ4v) is 4.49. The van der Waals surface area contributed by atoms with Gasteiger partial charge in [-0.15, -0.1) is 10.2 Å². The van der Waals surface area contributed by atoms with Gasteiger partial charge < -0.3 is 10.2 Å². The molecule has 3 heterocycles. The number of pyridine rings is 1. The predicted molar refractivity (Wildman–Crippen MR) is 126 cm³/mol. The van der Waals surface area contributed by atoms with Gasteiger partial charge in [0.05, 0.1) is 27.2 Å². The van der Waals surface area contributed by atoms with Crippen molar-refractivity contribution in [2.24, 2.45) is 0 Å². The second kappa shape index (κ2) is 9.46. The lowest BCUT2D eigenvalue weighted by Gasteiger charge is -2.18. The molecule has 4 rings (SSSR count). The van der Waals surface area contributed by atoms with E-state index in [9.17, 15) is 4.79 Å². The quantitative estimate of drug-likeness (QED) is 0.508. The van der Waals surface area contributed by atoms with Gasteiger partial charge in [0.25, 0.3) is 0 Å². The van der Waals surface area contributed by atoms with Gasteiger partial charge in [0.15, 0.2) is 11.0 Å². The topological polar surface area (TPSA) is 75.9 Å². The van der Waals surface area contributed by atoms with Crippen LogP contribution < -0.4 is 10.2 Å². The lowest BCUT2D eigenvalue weighted by atomic mass is 10.2. The molecule has 2 aromatic heterocycles. The van der Waals surface area contributed by atoms with E-state index in [-0.39, 0.29) is 11.7 Å². The second-order valence-corrected chi connectivity index (χ2v) is 9.13. The summed E-state index contributed by atoms with van der Waals surface area (Å²) in [7, 11) is 0. The summed E-state index contributed by atoms with van der Waals surface area (Å²) < 4.78 is 2.01. The van der Waals surface area contributed by atoms with Crippen LogP contribution in [0.15, 0.2) is 35.5 Å². The molecule has 1 amide bonds. The molecule has 1 fully saturated rings. The molecule has 0 unspecified atom stereocenters. The predicted octanol–water partition coefficient (Wildman–Crippen LogP) is 4.92. The van der Waals surface area contributed by atoms with Crippen LogP contribution in [-0.2, 0) is 4.79 Å². The number of halogens is 2. The highest BCUT2D eigenvalue weighted by Gasteiger charge is 2.23. The molecule has 0 spiro atoms. The third kappa shape index (κ3) is 4.97. The van der Waals surface area contributed by atoms with Gasteiger partial charge in [-0.1, -0.05) is 52.7 Å². The normalized spacial score (nSPS) is 13.6. The number of carbonyl (C=O) groups excluding carboxylic acids is 1. The minimum Gasteiger partial charge on any atom is -0.341 e. The van der Waals surface area contributed by atoms with Crippen molar-refractivity contribution in [2.75, 3.05) is 29.1 Å². The largest absolute Gasteiger partial charge is 0.341 e. The second-order valence-electron chi connectivity index (χ2n) is 7.37. The van der Waals surface area contributed by atoms with Crippen LogP contribution in [-0.4, -0.2) is 44.5 Å². The summed E-state index contributed by atoms with van der Waals surface area (Å²) in [5, 5.41) is 13.0. The van der Waals surface area contributed by atoms with E-state index in [0.717, 1.165) is 37.6 Å². The Bertz CT molecular complexity index is 1100. The summed E-state index contributed by atoms with van der Waals surface area (Å²) >= 11 is 13.5. The number of anilines is 2. The minimum absolute atomic E-state index is 0.143. The molecule has 0 aliphatic carbocycles. The Morgan fingerprint density at radius 2 is 1.81 bits per heavy atom. The Labute approximate surface area is 195 Å². The Kier molecular flexibility index (Phi) is 6.69. The van der Waals surface area contributed by atoms with Crippen LogP contribution in [0.2, 0.25) is 10.0 Å². The van der Waals surface area contributed by atoms with E-state index in [1.165, 1.54) is 17.3 Å². The van der Waals surface area contributed by atoms with Gasteiger partial charge in [-0.25, -0.2) is 4.98 Å². The zero-order valence-corrected chi connectivity index (χ0v) is 19.6. The molecule has 0 saturated carbocycles. The highest BCUT2D eigenvalue weighted by molar-refractivity contribution is 7.99. The SMILES string of the molecule is Cc1ccc(-n2c(SCC(=O)Nc3nc(C)c(Cl)cc3Cl)nnc2N2CCCC2)cc1. The van der Waals surface area contributed by atoms with E-state index in [1.54, 1.807) is 13.0 Å². The molecule has 3 aromatic rings. The van der Waals surface area contributed by atoms with Crippen LogP contribution in [0.5, 0.6) is 0 Å². The number of aromatic nitrogens is 4. The average Bonchev–Trinajstić information content (AvgIpc) is 3.41.